The Bertz CT molecular complexity index is 746. The topological polar surface area (TPSA) is 55.8 Å². The van der Waals surface area contributed by atoms with Gasteiger partial charge in [0.25, 0.3) is 0 Å². The Hall–Kier alpha value is -1.92. The third-order valence-corrected chi connectivity index (χ3v) is 4.12. The van der Waals surface area contributed by atoms with Gasteiger partial charge in [-0.15, -0.1) is 0 Å². The fourth-order valence-electron chi connectivity index (χ4n) is 2.10. The van der Waals surface area contributed by atoms with Crippen molar-refractivity contribution in [2.24, 2.45) is 0 Å². The highest BCUT2D eigenvalue weighted by Gasteiger charge is 2.14. The number of aryl methyl sites for hydroxylation is 1. The summed E-state index contributed by atoms with van der Waals surface area (Å²) < 4.78 is 25.3. The zero-order valence-electron chi connectivity index (χ0n) is 13.4. The molecule has 2 rings (SSSR count). The van der Waals surface area contributed by atoms with Crippen molar-refractivity contribution in [3.63, 3.8) is 0 Å². The van der Waals surface area contributed by atoms with E-state index in [1.165, 1.54) is 6.07 Å². The Balaban J connectivity index is 2.28. The number of carbonyl (C=O) groups excluding carboxylic acids is 1. The Morgan fingerprint density at radius 2 is 2.04 bits per heavy atom. The van der Waals surface area contributed by atoms with E-state index in [0.717, 1.165) is 0 Å². The maximum Gasteiger partial charge on any atom is 0.310 e. The lowest BCUT2D eigenvalue weighted by Gasteiger charge is -2.15. The molecular formula is C18H18BrFO4. The van der Waals surface area contributed by atoms with Gasteiger partial charge in [0.1, 0.15) is 23.9 Å². The number of aliphatic hydroxyl groups excluding tert-OH is 1. The molecule has 0 saturated carbocycles. The Labute approximate surface area is 148 Å². The fourth-order valence-corrected chi connectivity index (χ4v) is 2.67. The predicted octanol–water partition coefficient (Wildman–Crippen LogP) is 4.28. The highest BCUT2D eigenvalue weighted by molar-refractivity contribution is 9.10. The molecule has 0 unspecified atom stereocenters. The number of halogens is 2. The standard InChI is InChI=1S/C18H18BrFO4/c1-3-18(22)24-16-6-4-5-12(9-21)13(16)10-23-17-8-15(20)11(2)7-14(17)19/h4-8,21H,3,9-10H2,1-2H3. The highest BCUT2D eigenvalue weighted by atomic mass is 79.9. The summed E-state index contributed by atoms with van der Waals surface area (Å²) in [5, 5.41) is 9.50. The van der Waals surface area contributed by atoms with Crippen molar-refractivity contribution in [3.05, 3.63) is 57.3 Å². The molecule has 4 nitrogen and oxygen atoms in total. The van der Waals surface area contributed by atoms with Crippen LogP contribution in [0.15, 0.2) is 34.8 Å². The number of rotatable bonds is 6. The summed E-state index contributed by atoms with van der Waals surface area (Å²) in [6.07, 6.45) is 0.234. The largest absolute Gasteiger partial charge is 0.487 e. The van der Waals surface area contributed by atoms with Gasteiger partial charge in [0.05, 0.1) is 11.1 Å². The van der Waals surface area contributed by atoms with Gasteiger partial charge in [0.2, 0.25) is 0 Å². The summed E-state index contributed by atoms with van der Waals surface area (Å²) in [6.45, 7) is 3.16. The van der Waals surface area contributed by atoms with Crippen LogP contribution in [0.5, 0.6) is 11.5 Å². The quantitative estimate of drug-likeness (QED) is 0.584. The SMILES string of the molecule is CCC(=O)Oc1cccc(CO)c1COc1cc(F)c(C)cc1Br. The smallest absolute Gasteiger partial charge is 0.310 e. The summed E-state index contributed by atoms with van der Waals surface area (Å²) in [4.78, 5) is 11.6. The van der Waals surface area contributed by atoms with E-state index < -0.39 is 0 Å². The summed E-state index contributed by atoms with van der Waals surface area (Å²) >= 11 is 3.33. The van der Waals surface area contributed by atoms with Gasteiger partial charge < -0.3 is 14.6 Å². The van der Waals surface area contributed by atoms with Gasteiger partial charge in [-0.3, -0.25) is 4.79 Å². The monoisotopic (exact) mass is 396 g/mol. The number of aliphatic hydroxyl groups is 1. The van der Waals surface area contributed by atoms with Gasteiger partial charge in [-0.25, -0.2) is 4.39 Å². The van der Waals surface area contributed by atoms with Gasteiger partial charge in [0.15, 0.2) is 0 Å². The number of hydrogen-bond acceptors (Lipinski definition) is 4. The van der Waals surface area contributed by atoms with E-state index in [1.54, 1.807) is 38.1 Å². The highest BCUT2D eigenvalue weighted by Crippen LogP contribution is 2.31. The molecule has 0 amide bonds. The van der Waals surface area contributed by atoms with E-state index in [1.807, 2.05) is 0 Å². The minimum Gasteiger partial charge on any atom is -0.487 e. The molecule has 1 N–H and O–H groups in total. The minimum atomic E-state index is -0.381. The molecule has 0 aliphatic carbocycles. The lowest BCUT2D eigenvalue weighted by molar-refractivity contribution is -0.134. The van der Waals surface area contributed by atoms with Crippen LogP contribution >= 0.6 is 15.9 Å². The lowest BCUT2D eigenvalue weighted by Crippen LogP contribution is -2.10. The Kier molecular flexibility index (Phi) is 6.34. The van der Waals surface area contributed by atoms with Gasteiger partial charge in [-0.2, -0.15) is 0 Å². The molecule has 0 aliphatic rings. The van der Waals surface area contributed by atoms with E-state index in [0.29, 0.717) is 32.7 Å². The van der Waals surface area contributed by atoms with Crippen LogP contribution < -0.4 is 9.47 Å². The molecule has 0 aromatic heterocycles. The molecule has 0 saturated heterocycles. The molecule has 0 fully saturated rings. The number of ether oxygens (including phenoxy) is 2. The molecule has 2 aromatic rings. The van der Waals surface area contributed by atoms with Crippen LogP contribution in [0.2, 0.25) is 0 Å². The van der Waals surface area contributed by atoms with Gasteiger partial charge in [0, 0.05) is 18.1 Å². The van der Waals surface area contributed by atoms with Crippen molar-refractivity contribution in [2.45, 2.75) is 33.5 Å². The van der Waals surface area contributed by atoms with Gasteiger partial charge in [-0.1, -0.05) is 19.1 Å². The molecule has 0 bridgehead atoms. The van der Waals surface area contributed by atoms with Gasteiger partial charge in [-0.05, 0) is 46.1 Å². The average Bonchev–Trinajstić information content (AvgIpc) is 2.57. The van der Waals surface area contributed by atoms with E-state index in [-0.39, 0.29) is 31.4 Å². The summed E-state index contributed by atoms with van der Waals surface area (Å²) in [5.41, 5.74) is 1.64. The van der Waals surface area contributed by atoms with E-state index in [2.05, 4.69) is 15.9 Å². The molecular weight excluding hydrogens is 379 g/mol. The maximum atomic E-state index is 13.7. The third kappa shape index (κ3) is 4.33. The zero-order chi connectivity index (χ0) is 17.7. The van der Waals surface area contributed by atoms with E-state index in [4.69, 9.17) is 9.47 Å². The van der Waals surface area contributed by atoms with Crippen LogP contribution in [-0.2, 0) is 18.0 Å². The summed E-state index contributed by atoms with van der Waals surface area (Å²) in [5.74, 6) is -0.0918. The second-order valence-electron chi connectivity index (χ2n) is 5.20. The first-order valence-corrected chi connectivity index (χ1v) is 8.26. The molecule has 6 heteroatoms. The van der Waals surface area contributed by atoms with Crippen molar-refractivity contribution in [3.8, 4) is 11.5 Å². The molecule has 128 valence electrons. The van der Waals surface area contributed by atoms with Crippen molar-refractivity contribution >= 4 is 21.9 Å². The first kappa shape index (κ1) is 18.4. The zero-order valence-corrected chi connectivity index (χ0v) is 15.0. The van der Waals surface area contributed by atoms with E-state index in [9.17, 15) is 14.3 Å². The van der Waals surface area contributed by atoms with Crippen molar-refractivity contribution in [1.29, 1.82) is 0 Å². The molecule has 0 heterocycles. The second-order valence-corrected chi connectivity index (χ2v) is 6.05. The van der Waals surface area contributed by atoms with Crippen LogP contribution in [0.3, 0.4) is 0 Å². The maximum absolute atomic E-state index is 13.7. The van der Waals surface area contributed by atoms with Crippen LogP contribution in [-0.4, -0.2) is 11.1 Å². The van der Waals surface area contributed by atoms with Crippen LogP contribution in [0, 0.1) is 12.7 Å². The molecule has 0 radical (unpaired) electrons. The van der Waals surface area contributed by atoms with Crippen LogP contribution in [0.4, 0.5) is 4.39 Å². The summed E-state index contributed by atoms with van der Waals surface area (Å²) in [7, 11) is 0. The average molecular weight is 397 g/mol. The Morgan fingerprint density at radius 1 is 1.29 bits per heavy atom. The number of carbonyl (C=O) groups is 1. The summed E-state index contributed by atoms with van der Waals surface area (Å²) in [6, 6.07) is 7.96. The van der Waals surface area contributed by atoms with E-state index >= 15 is 0 Å². The van der Waals surface area contributed by atoms with Crippen molar-refractivity contribution in [1.82, 2.24) is 0 Å². The Morgan fingerprint density at radius 3 is 2.71 bits per heavy atom. The molecule has 0 aliphatic heterocycles. The first-order chi connectivity index (χ1) is 11.5. The second kappa shape index (κ2) is 8.26. The molecule has 0 atom stereocenters. The normalized spacial score (nSPS) is 10.5. The third-order valence-electron chi connectivity index (χ3n) is 3.50. The first-order valence-electron chi connectivity index (χ1n) is 7.47. The molecule has 24 heavy (non-hydrogen) atoms. The number of esters is 1. The van der Waals surface area contributed by atoms with Crippen molar-refractivity contribution < 1.29 is 23.8 Å². The fraction of sp³-hybridized carbons (Fsp3) is 0.278. The van der Waals surface area contributed by atoms with Crippen LogP contribution in [0.25, 0.3) is 0 Å². The minimum absolute atomic E-state index is 0.0319. The molecule has 0 spiro atoms. The molecule has 2 aromatic carbocycles. The predicted molar refractivity (Wildman–Crippen MR) is 91.5 cm³/mol. The number of benzene rings is 2. The lowest BCUT2D eigenvalue weighted by atomic mass is 10.1. The van der Waals surface area contributed by atoms with Gasteiger partial charge >= 0.3 is 5.97 Å². The van der Waals surface area contributed by atoms with Crippen molar-refractivity contribution in [2.75, 3.05) is 0 Å². The number of hydrogen-bond donors (Lipinski definition) is 1. The van der Waals surface area contributed by atoms with Crippen LogP contribution in [0.1, 0.15) is 30.0 Å².